The summed E-state index contributed by atoms with van der Waals surface area (Å²) in [5.41, 5.74) is 1.47. The maximum Gasteiger partial charge on any atom is 0.243 e. The molecule has 1 unspecified atom stereocenters. The van der Waals surface area contributed by atoms with Gasteiger partial charge in [0.2, 0.25) is 15.9 Å². The van der Waals surface area contributed by atoms with Gasteiger partial charge in [-0.2, -0.15) is 4.31 Å². The van der Waals surface area contributed by atoms with Crippen molar-refractivity contribution in [3.05, 3.63) is 95.8 Å². The predicted octanol–water partition coefficient (Wildman–Crippen LogP) is 3.90. The molecule has 0 radical (unpaired) electrons. The van der Waals surface area contributed by atoms with Crippen LogP contribution in [0.5, 0.6) is 5.75 Å². The number of methoxy groups -OCH3 is 1. The summed E-state index contributed by atoms with van der Waals surface area (Å²) in [6.45, 7) is 1.42. The lowest BCUT2D eigenvalue weighted by Gasteiger charge is -2.23. The Hall–Kier alpha value is -3.23. The molecule has 8 heteroatoms. The number of sulfonamides is 1. The predicted molar refractivity (Wildman–Crippen MR) is 120 cm³/mol. The molecule has 0 bridgehead atoms. The minimum absolute atomic E-state index is 0.0353. The van der Waals surface area contributed by atoms with E-state index in [1.54, 1.807) is 43.3 Å². The molecule has 1 atom stereocenters. The molecular weight excluding hydrogens is 431 g/mol. The third kappa shape index (κ3) is 5.93. The van der Waals surface area contributed by atoms with Crippen molar-refractivity contribution in [2.45, 2.75) is 24.4 Å². The van der Waals surface area contributed by atoms with Crippen molar-refractivity contribution in [3.8, 4) is 5.75 Å². The smallest absolute Gasteiger partial charge is 0.243 e. The van der Waals surface area contributed by atoms with Gasteiger partial charge >= 0.3 is 0 Å². The van der Waals surface area contributed by atoms with E-state index in [1.807, 2.05) is 18.2 Å². The summed E-state index contributed by atoms with van der Waals surface area (Å²) in [6, 6.07) is 20.5. The van der Waals surface area contributed by atoms with Gasteiger partial charge < -0.3 is 10.1 Å². The zero-order valence-corrected chi connectivity index (χ0v) is 18.7. The first-order chi connectivity index (χ1) is 15.3. The van der Waals surface area contributed by atoms with Crippen molar-refractivity contribution in [2.24, 2.45) is 0 Å². The average Bonchev–Trinajstić information content (AvgIpc) is 2.79. The Labute approximate surface area is 187 Å². The summed E-state index contributed by atoms with van der Waals surface area (Å²) in [7, 11) is -2.46. The molecule has 3 rings (SSSR count). The monoisotopic (exact) mass is 456 g/mol. The number of benzene rings is 3. The highest BCUT2D eigenvalue weighted by Gasteiger charge is 2.27. The van der Waals surface area contributed by atoms with E-state index in [2.05, 4.69) is 5.32 Å². The van der Waals surface area contributed by atoms with Gasteiger partial charge in [-0.15, -0.1) is 0 Å². The number of ether oxygens (including phenoxy) is 1. The molecule has 0 spiro atoms. The quantitative estimate of drug-likeness (QED) is 0.530. The summed E-state index contributed by atoms with van der Waals surface area (Å²) in [4.78, 5) is 12.8. The third-order valence-electron chi connectivity index (χ3n) is 4.97. The SMILES string of the molecule is COc1ccc(S(=O)(=O)N(CC(=O)NC(C)c2ccc(F)cc2)Cc2ccccc2)cc1. The number of rotatable bonds is 9. The van der Waals surface area contributed by atoms with Crippen molar-refractivity contribution in [2.75, 3.05) is 13.7 Å². The summed E-state index contributed by atoms with van der Waals surface area (Å²) in [5, 5.41) is 2.79. The Morgan fingerprint density at radius 3 is 2.22 bits per heavy atom. The minimum atomic E-state index is -3.96. The van der Waals surface area contributed by atoms with E-state index in [0.29, 0.717) is 11.3 Å². The van der Waals surface area contributed by atoms with Crippen LogP contribution < -0.4 is 10.1 Å². The van der Waals surface area contributed by atoms with Gasteiger partial charge in [-0.05, 0) is 54.4 Å². The number of hydrogen-bond acceptors (Lipinski definition) is 4. The lowest BCUT2D eigenvalue weighted by molar-refractivity contribution is -0.122. The normalized spacial score (nSPS) is 12.4. The molecule has 0 aliphatic carbocycles. The summed E-state index contributed by atoms with van der Waals surface area (Å²) in [6.07, 6.45) is 0. The molecule has 3 aromatic rings. The standard InChI is InChI=1S/C24H25FN2O4S/c1-18(20-8-10-21(25)11-9-20)26-24(28)17-27(16-19-6-4-3-5-7-19)32(29,30)23-14-12-22(31-2)13-15-23/h3-15,18H,16-17H2,1-2H3,(H,26,28). The van der Waals surface area contributed by atoms with Gasteiger partial charge in [0.25, 0.3) is 0 Å². The van der Waals surface area contributed by atoms with Gasteiger partial charge in [-0.1, -0.05) is 42.5 Å². The minimum Gasteiger partial charge on any atom is -0.497 e. The molecule has 6 nitrogen and oxygen atoms in total. The van der Waals surface area contributed by atoms with Crippen LogP contribution in [-0.4, -0.2) is 32.3 Å². The van der Waals surface area contributed by atoms with E-state index in [0.717, 1.165) is 9.87 Å². The first-order valence-electron chi connectivity index (χ1n) is 10.0. The van der Waals surface area contributed by atoms with Crippen molar-refractivity contribution in [1.82, 2.24) is 9.62 Å². The van der Waals surface area contributed by atoms with Crippen molar-refractivity contribution >= 4 is 15.9 Å². The number of nitrogens with one attached hydrogen (secondary N) is 1. The van der Waals surface area contributed by atoms with Crippen LogP contribution in [0.4, 0.5) is 4.39 Å². The van der Waals surface area contributed by atoms with Crippen LogP contribution in [0.2, 0.25) is 0 Å². The third-order valence-corrected chi connectivity index (χ3v) is 6.77. The molecule has 3 aromatic carbocycles. The van der Waals surface area contributed by atoms with E-state index >= 15 is 0 Å². The number of halogens is 1. The summed E-state index contributed by atoms with van der Waals surface area (Å²) < 4.78 is 46.1. The molecule has 0 aliphatic rings. The summed E-state index contributed by atoms with van der Waals surface area (Å²) >= 11 is 0. The molecule has 0 saturated carbocycles. The van der Waals surface area contributed by atoms with E-state index in [9.17, 15) is 17.6 Å². The Kier molecular flexibility index (Phi) is 7.61. The zero-order valence-electron chi connectivity index (χ0n) is 17.9. The molecular formula is C24H25FN2O4S. The van der Waals surface area contributed by atoms with E-state index in [4.69, 9.17) is 4.74 Å². The lowest BCUT2D eigenvalue weighted by Crippen LogP contribution is -2.41. The molecule has 0 saturated heterocycles. The Morgan fingerprint density at radius 1 is 1.00 bits per heavy atom. The van der Waals surface area contributed by atoms with Gasteiger partial charge in [-0.25, -0.2) is 12.8 Å². The molecule has 32 heavy (non-hydrogen) atoms. The number of carbonyl (C=O) groups excluding carboxylic acids is 1. The largest absolute Gasteiger partial charge is 0.497 e. The molecule has 1 amide bonds. The highest BCUT2D eigenvalue weighted by Crippen LogP contribution is 2.21. The second-order valence-electron chi connectivity index (χ2n) is 7.27. The number of carbonyl (C=O) groups is 1. The van der Waals surface area contributed by atoms with Crippen LogP contribution in [0, 0.1) is 5.82 Å². The van der Waals surface area contributed by atoms with Crippen molar-refractivity contribution in [1.29, 1.82) is 0 Å². The average molecular weight is 457 g/mol. The second-order valence-corrected chi connectivity index (χ2v) is 9.21. The van der Waals surface area contributed by atoms with Crippen LogP contribution in [0.3, 0.4) is 0 Å². The maximum atomic E-state index is 13.3. The Morgan fingerprint density at radius 2 is 1.62 bits per heavy atom. The van der Waals surface area contributed by atoms with Crippen LogP contribution in [0.1, 0.15) is 24.1 Å². The van der Waals surface area contributed by atoms with Crippen LogP contribution in [0.25, 0.3) is 0 Å². The molecule has 0 heterocycles. The molecule has 1 N–H and O–H groups in total. The highest BCUT2D eigenvalue weighted by molar-refractivity contribution is 7.89. The highest BCUT2D eigenvalue weighted by atomic mass is 32.2. The lowest BCUT2D eigenvalue weighted by atomic mass is 10.1. The van der Waals surface area contributed by atoms with Gasteiger partial charge in [0.15, 0.2) is 0 Å². The van der Waals surface area contributed by atoms with Crippen molar-refractivity contribution in [3.63, 3.8) is 0 Å². The molecule has 0 aliphatic heterocycles. The molecule has 0 aromatic heterocycles. The first-order valence-corrected chi connectivity index (χ1v) is 11.5. The molecule has 0 fully saturated rings. The van der Waals surface area contributed by atoms with Gasteiger partial charge in [0, 0.05) is 6.54 Å². The number of amides is 1. The second kappa shape index (κ2) is 10.4. The first kappa shape index (κ1) is 23.4. The van der Waals surface area contributed by atoms with Crippen molar-refractivity contribution < 1.29 is 22.3 Å². The van der Waals surface area contributed by atoms with Crippen LogP contribution in [-0.2, 0) is 21.4 Å². The number of nitrogens with zero attached hydrogens (tertiary/aromatic N) is 1. The van der Waals surface area contributed by atoms with E-state index in [1.165, 1.54) is 31.4 Å². The fourth-order valence-corrected chi connectivity index (χ4v) is 4.58. The summed E-state index contributed by atoms with van der Waals surface area (Å²) in [5.74, 6) is -0.300. The van der Waals surface area contributed by atoms with E-state index in [-0.39, 0.29) is 23.8 Å². The van der Waals surface area contributed by atoms with Gasteiger partial charge in [-0.3, -0.25) is 4.79 Å². The molecule has 168 valence electrons. The fourth-order valence-electron chi connectivity index (χ4n) is 3.19. The van der Waals surface area contributed by atoms with Crippen LogP contribution in [0.15, 0.2) is 83.8 Å². The van der Waals surface area contributed by atoms with Crippen LogP contribution >= 0.6 is 0 Å². The van der Waals surface area contributed by atoms with Gasteiger partial charge in [0.1, 0.15) is 11.6 Å². The zero-order chi connectivity index (χ0) is 23.1. The topological polar surface area (TPSA) is 75.7 Å². The Bertz CT molecular complexity index is 1130. The van der Waals surface area contributed by atoms with E-state index < -0.39 is 22.0 Å². The fraction of sp³-hybridized carbons (Fsp3) is 0.208. The van der Waals surface area contributed by atoms with Gasteiger partial charge in [0.05, 0.1) is 24.6 Å². The number of hydrogen-bond donors (Lipinski definition) is 1. The Balaban J connectivity index is 1.81. The maximum absolute atomic E-state index is 13.3.